The summed E-state index contributed by atoms with van der Waals surface area (Å²) in [5.41, 5.74) is 7.25. The fourth-order valence-electron chi connectivity index (χ4n) is 3.73. The van der Waals surface area contributed by atoms with Crippen molar-refractivity contribution in [2.75, 3.05) is 5.73 Å². The number of thiazole rings is 1. The zero-order valence-electron chi connectivity index (χ0n) is 16.3. The quantitative estimate of drug-likeness (QED) is 0.510. The summed E-state index contributed by atoms with van der Waals surface area (Å²) in [5.74, 6) is -2.60. The Hall–Kier alpha value is -3.72. The van der Waals surface area contributed by atoms with Gasteiger partial charge in [0.25, 0.3) is 0 Å². The number of likely N-dealkylation sites (tertiary alicyclic amines) is 1. The number of carboxylic acids is 1. The molecule has 2 atom stereocenters. The standard InChI is InChI=1S/C22H20N4O4S/c23-21-24-12-15(31-21)11-16-18(20(28)29)26(19(16)27)22(30)25-17(13-7-3-1-4-8-13)14-9-5-2-6-10-14/h1-10,12,16-18H,11H2,(H2,23,24)(H,25,30)(H,28,29)/t16-,18+/m1/s1. The maximum Gasteiger partial charge on any atom is 0.327 e. The van der Waals surface area contributed by atoms with Gasteiger partial charge in [0.2, 0.25) is 5.91 Å². The number of hydrogen-bond donors (Lipinski definition) is 3. The number of imide groups is 1. The summed E-state index contributed by atoms with van der Waals surface area (Å²) >= 11 is 1.20. The molecule has 1 aromatic heterocycles. The van der Waals surface area contributed by atoms with E-state index in [-0.39, 0.29) is 6.42 Å². The SMILES string of the molecule is Nc1ncc(C[C@H]2C(=O)N(C(=O)NC(c3ccccc3)c3ccccc3)[C@@H]2C(=O)O)s1. The molecule has 2 heterocycles. The first-order chi connectivity index (χ1) is 15.0. The minimum atomic E-state index is -1.25. The van der Waals surface area contributed by atoms with E-state index in [2.05, 4.69) is 10.3 Å². The van der Waals surface area contributed by atoms with Crippen molar-refractivity contribution < 1.29 is 19.5 Å². The molecule has 158 valence electrons. The lowest BCUT2D eigenvalue weighted by Gasteiger charge is -2.43. The summed E-state index contributed by atoms with van der Waals surface area (Å²) < 4.78 is 0. The number of carbonyl (C=O) groups is 3. The number of β-lactam (4-membered cyclic amide) rings is 1. The lowest BCUT2D eigenvalue weighted by Crippen LogP contribution is -2.68. The van der Waals surface area contributed by atoms with Gasteiger partial charge in [-0.2, -0.15) is 0 Å². The van der Waals surface area contributed by atoms with E-state index in [1.54, 1.807) is 0 Å². The van der Waals surface area contributed by atoms with Gasteiger partial charge in [0.05, 0.1) is 12.0 Å². The molecule has 4 N–H and O–H groups in total. The number of benzene rings is 2. The lowest BCUT2D eigenvalue weighted by molar-refractivity contribution is -0.165. The van der Waals surface area contributed by atoms with Gasteiger partial charge in [-0.05, 0) is 17.5 Å². The van der Waals surface area contributed by atoms with E-state index in [0.29, 0.717) is 10.0 Å². The van der Waals surface area contributed by atoms with Crippen molar-refractivity contribution >= 4 is 34.4 Å². The van der Waals surface area contributed by atoms with Crippen molar-refractivity contribution in [1.29, 1.82) is 0 Å². The van der Waals surface area contributed by atoms with Crippen LogP contribution in [0, 0.1) is 5.92 Å². The number of nitrogens with zero attached hydrogens (tertiary/aromatic N) is 2. The van der Waals surface area contributed by atoms with Crippen LogP contribution >= 0.6 is 11.3 Å². The van der Waals surface area contributed by atoms with Crippen LogP contribution in [-0.4, -0.2) is 38.9 Å². The molecule has 0 aliphatic carbocycles. The fraction of sp³-hybridized carbons (Fsp3) is 0.182. The monoisotopic (exact) mass is 436 g/mol. The van der Waals surface area contributed by atoms with E-state index < -0.39 is 35.9 Å². The van der Waals surface area contributed by atoms with Gasteiger partial charge in [0.15, 0.2) is 11.2 Å². The topological polar surface area (TPSA) is 126 Å². The van der Waals surface area contributed by atoms with Crippen LogP contribution in [0.25, 0.3) is 0 Å². The van der Waals surface area contributed by atoms with Gasteiger partial charge in [0, 0.05) is 11.1 Å². The highest BCUT2D eigenvalue weighted by atomic mass is 32.1. The van der Waals surface area contributed by atoms with Gasteiger partial charge in [0.1, 0.15) is 0 Å². The third kappa shape index (κ3) is 4.13. The van der Waals surface area contributed by atoms with Crippen molar-refractivity contribution in [3.05, 3.63) is 82.9 Å². The van der Waals surface area contributed by atoms with E-state index in [1.165, 1.54) is 17.5 Å². The first-order valence-electron chi connectivity index (χ1n) is 9.62. The number of aliphatic carboxylic acids is 1. The van der Waals surface area contributed by atoms with Gasteiger partial charge in [-0.3, -0.25) is 4.79 Å². The fourth-order valence-corrected chi connectivity index (χ4v) is 4.48. The molecule has 1 fully saturated rings. The van der Waals surface area contributed by atoms with Gasteiger partial charge in [-0.25, -0.2) is 19.5 Å². The van der Waals surface area contributed by atoms with Crippen LogP contribution in [0.5, 0.6) is 0 Å². The first kappa shape index (κ1) is 20.5. The molecule has 3 amide bonds. The van der Waals surface area contributed by atoms with Crippen molar-refractivity contribution in [2.24, 2.45) is 5.92 Å². The number of nitrogens with one attached hydrogen (secondary N) is 1. The van der Waals surface area contributed by atoms with E-state index in [0.717, 1.165) is 16.0 Å². The molecular formula is C22H20N4O4S. The Kier molecular flexibility index (Phi) is 5.68. The van der Waals surface area contributed by atoms with Crippen LogP contribution < -0.4 is 11.1 Å². The predicted molar refractivity (Wildman–Crippen MR) is 115 cm³/mol. The average Bonchev–Trinajstić information content (AvgIpc) is 3.19. The van der Waals surface area contributed by atoms with Crippen LogP contribution in [-0.2, 0) is 16.0 Å². The smallest absolute Gasteiger partial charge is 0.327 e. The summed E-state index contributed by atoms with van der Waals surface area (Å²) in [7, 11) is 0. The predicted octanol–water partition coefficient (Wildman–Crippen LogP) is 2.68. The largest absolute Gasteiger partial charge is 0.480 e. The summed E-state index contributed by atoms with van der Waals surface area (Å²) in [6.07, 6.45) is 1.70. The number of nitrogens with two attached hydrogens (primary N) is 1. The zero-order chi connectivity index (χ0) is 22.0. The first-order valence-corrected chi connectivity index (χ1v) is 10.4. The molecule has 1 aliphatic rings. The molecule has 1 saturated heterocycles. The van der Waals surface area contributed by atoms with E-state index >= 15 is 0 Å². The van der Waals surface area contributed by atoms with Crippen molar-refractivity contribution in [2.45, 2.75) is 18.5 Å². The summed E-state index contributed by atoms with van der Waals surface area (Å²) in [6.45, 7) is 0. The Bertz CT molecular complexity index is 1060. The molecule has 0 spiro atoms. The van der Waals surface area contributed by atoms with E-state index in [4.69, 9.17) is 5.73 Å². The van der Waals surface area contributed by atoms with Crippen LogP contribution in [0.3, 0.4) is 0 Å². The van der Waals surface area contributed by atoms with Crippen LogP contribution in [0.2, 0.25) is 0 Å². The lowest BCUT2D eigenvalue weighted by atomic mass is 9.84. The van der Waals surface area contributed by atoms with Crippen molar-refractivity contribution in [3.8, 4) is 0 Å². The highest BCUT2D eigenvalue weighted by molar-refractivity contribution is 7.15. The maximum atomic E-state index is 13.0. The minimum absolute atomic E-state index is 0.176. The normalized spacial score (nSPS) is 18.0. The molecule has 0 saturated carbocycles. The van der Waals surface area contributed by atoms with E-state index in [1.807, 2.05) is 60.7 Å². The Morgan fingerprint density at radius 2 is 1.68 bits per heavy atom. The Labute approximate surface area is 182 Å². The van der Waals surface area contributed by atoms with Crippen molar-refractivity contribution in [3.63, 3.8) is 0 Å². The number of rotatable bonds is 6. The second-order valence-electron chi connectivity index (χ2n) is 7.17. The molecule has 1 aliphatic heterocycles. The Balaban J connectivity index is 1.55. The number of urea groups is 1. The Morgan fingerprint density at radius 1 is 1.10 bits per heavy atom. The highest BCUT2D eigenvalue weighted by Crippen LogP contribution is 2.33. The molecule has 9 heteroatoms. The van der Waals surface area contributed by atoms with Gasteiger partial charge >= 0.3 is 12.0 Å². The second kappa shape index (κ2) is 8.57. The highest BCUT2D eigenvalue weighted by Gasteiger charge is 2.55. The second-order valence-corrected chi connectivity index (χ2v) is 8.32. The zero-order valence-corrected chi connectivity index (χ0v) is 17.2. The number of aromatic nitrogens is 1. The van der Waals surface area contributed by atoms with E-state index in [9.17, 15) is 19.5 Å². The number of nitrogen functional groups attached to an aromatic ring is 1. The number of carboxylic acid groups (broad SMARTS) is 1. The van der Waals surface area contributed by atoms with Crippen LogP contribution in [0.15, 0.2) is 66.9 Å². The number of anilines is 1. The third-order valence-corrected chi connectivity index (χ3v) is 6.06. The van der Waals surface area contributed by atoms with Gasteiger partial charge in [-0.1, -0.05) is 60.7 Å². The number of amides is 3. The average molecular weight is 436 g/mol. The molecule has 3 aromatic rings. The summed E-state index contributed by atoms with van der Waals surface area (Å²) in [4.78, 5) is 43.0. The minimum Gasteiger partial charge on any atom is -0.480 e. The van der Waals surface area contributed by atoms with Crippen LogP contribution in [0.1, 0.15) is 22.0 Å². The molecule has 8 nitrogen and oxygen atoms in total. The number of carbonyl (C=O) groups excluding carboxylic acids is 2. The molecule has 2 aromatic carbocycles. The molecule has 31 heavy (non-hydrogen) atoms. The van der Waals surface area contributed by atoms with Gasteiger partial charge < -0.3 is 16.2 Å². The van der Waals surface area contributed by atoms with Crippen molar-refractivity contribution in [1.82, 2.24) is 15.2 Å². The Morgan fingerprint density at radius 3 is 2.16 bits per heavy atom. The molecule has 0 radical (unpaired) electrons. The number of hydrogen-bond acceptors (Lipinski definition) is 6. The molecular weight excluding hydrogens is 416 g/mol. The third-order valence-electron chi connectivity index (χ3n) is 5.21. The molecule has 4 rings (SSSR count). The van der Waals surface area contributed by atoms with Crippen LogP contribution in [0.4, 0.5) is 9.93 Å². The summed E-state index contributed by atoms with van der Waals surface area (Å²) in [5, 5.41) is 12.9. The molecule has 0 bridgehead atoms. The molecule has 0 unspecified atom stereocenters. The maximum absolute atomic E-state index is 13.0. The summed E-state index contributed by atoms with van der Waals surface area (Å²) in [6, 6.07) is 16.1. The van der Waals surface area contributed by atoms with Gasteiger partial charge in [-0.15, -0.1) is 11.3 Å².